The molecule has 2 aromatic carbocycles. The van der Waals surface area contributed by atoms with Crippen LogP contribution in [0.15, 0.2) is 36.4 Å². The molecule has 1 amide bonds. The zero-order valence-electron chi connectivity index (χ0n) is 17.8. The molecule has 0 aliphatic carbocycles. The number of rotatable bonds is 8. The average molecular weight is 414 g/mol. The smallest absolute Gasteiger partial charge is 0.298 e. The Morgan fingerprint density at radius 2 is 1.90 bits per heavy atom. The second-order valence-electron chi connectivity index (χ2n) is 7.68. The number of carbonyl (C=O) groups excluding carboxylic acids is 1. The molecule has 5 nitrogen and oxygen atoms in total. The van der Waals surface area contributed by atoms with Gasteiger partial charge in [-0.25, -0.2) is 0 Å². The molecule has 1 aliphatic heterocycles. The molecule has 0 bridgehead atoms. The van der Waals surface area contributed by atoms with Gasteiger partial charge in [-0.1, -0.05) is 30.7 Å². The van der Waals surface area contributed by atoms with Crippen molar-refractivity contribution in [2.24, 2.45) is 0 Å². The van der Waals surface area contributed by atoms with Crippen molar-refractivity contribution in [1.29, 1.82) is 0 Å². The van der Waals surface area contributed by atoms with Crippen LogP contribution >= 0.6 is 7.52 Å². The van der Waals surface area contributed by atoms with Gasteiger partial charge in [-0.15, -0.1) is 0 Å². The number of amides is 1. The minimum atomic E-state index is -3.11. The van der Waals surface area contributed by atoms with Gasteiger partial charge >= 0.3 is 0 Å². The zero-order chi connectivity index (χ0) is 21.0. The average Bonchev–Trinajstić information content (AvgIpc) is 2.66. The fraction of sp³-hybridized carbons (Fsp3) is 0.435. The van der Waals surface area contributed by atoms with Crippen molar-refractivity contribution in [3.8, 4) is 0 Å². The fourth-order valence-corrected chi connectivity index (χ4v) is 5.86. The Morgan fingerprint density at radius 1 is 1.10 bits per heavy atom. The Hall–Kier alpha value is -2.10. The monoisotopic (exact) mass is 414 g/mol. The topological polar surface area (TPSA) is 58.6 Å². The van der Waals surface area contributed by atoms with E-state index in [0.29, 0.717) is 25.6 Å². The van der Waals surface area contributed by atoms with E-state index in [1.165, 1.54) is 5.56 Å². The molecule has 1 aliphatic rings. The van der Waals surface area contributed by atoms with Crippen molar-refractivity contribution >= 4 is 24.8 Å². The predicted molar refractivity (Wildman–Crippen MR) is 120 cm³/mol. The zero-order valence-corrected chi connectivity index (χ0v) is 18.7. The predicted octanol–water partition coefficient (Wildman–Crippen LogP) is 5.83. The molecule has 29 heavy (non-hydrogen) atoms. The number of aryl methyl sites for hydroxylation is 3. The van der Waals surface area contributed by atoms with E-state index >= 15 is 0 Å². The Labute approximate surface area is 174 Å². The molecule has 0 radical (unpaired) electrons. The molecule has 1 N–H and O–H groups in total. The first kappa shape index (κ1) is 21.6. The Balaban J connectivity index is 1.85. The number of fused-ring (bicyclic) bond motifs is 1. The van der Waals surface area contributed by atoms with E-state index in [4.69, 9.17) is 4.52 Å². The lowest BCUT2D eigenvalue weighted by atomic mass is 10.0. The standard InChI is InChI=1S/C23H31N2O3P/c1-5-13-25-22-11-10-21(15-19(22)9-12-23(25)26)24-29(27,28-6-2)16-20-8-7-17(3)14-18(20)4/h7-8,10-11,14-15H,5-6,9,12-13,16H2,1-4H3,(H,24,27). The first-order valence-electron chi connectivity index (χ1n) is 10.4. The Kier molecular flexibility index (Phi) is 6.81. The Bertz CT molecular complexity index is 942. The number of benzene rings is 2. The summed E-state index contributed by atoms with van der Waals surface area (Å²) in [6.07, 6.45) is 2.48. The van der Waals surface area contributed by atoms with Gasteiger partial charge in [-0.2, -0.15) is 0 Å². The molecule has 0 fully saturated rings. The van der Waals surface area contributed by atoms with Crippen LogP contribution in [0.25, 0.3) is 0 Å². The van der Waals surface area contributed by atoms with Crippen LogP contribution in [0.2, 0.25) is 0 Å². The van der Waals surface area contributed by atoms with Crippen molar-refractivity contribution in [1.82, 2.24) is 0 Å². The Morgan fingerprint density at radius 3 is 2.59 bits per heavy atom. The van der Waals surface area contributed by atoms with Gasteiger partial charge in [0.1, 0.15) is 0 Å². The van der Waals surface area contributed by atoms with E-state index < -0.39 is 7.52 Å². The van der Waals surface area contributed by atoms with Gasteiger partial charge in [0.25, 0.3) is 7.52 Å². The summed E-state index contributed by atoms with van der Waals surface area (Å²) in [7, 11) is -3.11. The highest BCUT2D eigenvalue weighted by Crippen LogP contribution is 2.50. The molecule has 1 atom stereocenters. The molecule has 0 aromatic heterocycles. The first-order chi connectivity index (χ1) is 13.8. The van der Waals surface area contributed by atoms with Gasteiger partial charge in [0.05, 0.1) is 12.8 Å². The van der Waals surface area contributed by atoms with E-state index in [1.54, 1.807) is 0 Å². The van der Waals surface area contributed by atoms with Crippen molar-refractivity contribution in [3.63, 3.8) is 0 Å². The van der Waals surface area contributed by atoms with Crippen molar-refractivity contribution in [3.05, 3.63) is 58.7 Å². The van der Waals surface area contributed by atoms with Crippen molar-refractivity contribution in [2.75, 3.05) is 23.1 Å². The number of anilines is 2. The SMILES string of the molecule is CCCN1C(=O)CCc2cc(NP(=O)(Cc3ccc(C)cc3C)OCC)ccc21. The highest BCUT2D eigenvalue weighted by Gasteiger charge is 2.27. The van der Waals surface area contributed by atoms with E-state index in [9.17, 15) is 9.36 Å². The summed E-state index contributed by atoms with van der Waals surface area (Å²) in [5.74, 6) is 0.176. The quantitative estimate of drug-likeness (QED) is 0.552. The van der Waals surface area contributed by atoms with Crippen LogP contribution in [-0.4, -0.2) is 19.1 Å². The normalized spacial score (nSPS) is 15.7. The minimum Gasteiger partial charge on any atom is -0.315 e. The second kappa shape index (κ2) is 9.15. The summed E-state index contributed by atoms with van der Waals surface area (Å²) in [4.78, 5) is 14.1. The van der Waals surface area contributed by atoms with E-state index in [-0.39, 0.29) is 5.91 Å². The third kappa shape index (κ3) is 5.09. The summed E-state index contributed by atoms with van der Waals surface area (Å²) >= 11 is 0. The van der Waals surface area contributed by atoms with Crippen molar-refractivity contribution < 1.29 is 13.9 Å². The molecule has 3 rings (SSSR count). The molecule has 0 spiro atoms. The van der Waals surface area contributed by atoms with E-state index in [2.05, 4.69) is 25.0 Å². The maximum absolute atomic E-state index is 13.6. The van der Waals surface area contributed by atoms with Crippen molar-refractivity contribution in [2.45, 2.75) is 53.1 Å². The van der Waals surface area contributed by atoms with Gasteiger partial charge in [0.15, 0.2) is 0 Å². The number of hydrogen-bond acceptors (Lipinski definition) is 3. The van der Waals surface area contributed by atoms with Gasteiger partial charge in [-0.05, 0) is 68.5 Å². The third-order valence-electron chi connectivity index (χ3n) is 5.24. The molecular weight excluding hydrogens is 383 g/mol. The molecule has 2 aromatic rings. The number of nitrogens with one attached hydrogen (secondary N) is 1. The summed E-state index contributed by atoms with van der Waals surface area (Å²) in [6, 6.07) is 12.0. The summed E-state index contributed by atoms with van der Waals surface area (Å²) in [5, 5.41) is 3.18. The summed E-state index contributed by atoms with van der Waals surface area (Å²) in [5.41, 5.74) is 6.18. The number of carbonyl (C=O) groups is 1. The second-order valence-corrected chi connectivity index (χ2v) is 9.82. The maximum Gasteiger partial charge on any atom is 0.298 e. The van der Waals surface area contributed by atoms with Crippen LogP contribution in [0.1, 0.15) is 48.9 Å². The van der Waals surface area contributed by atoms with Gasteiger partial charge in [-0.3, -0.25) is 9.36 Å². The molecule has 0 saturated carbocycles. The largest absolute Gasteiger partial charge is 0.315 e. The van der Waals surface area contributed by atoms with Gasteiger partial charge in [0.2, 0.25) is 5.91 Å². The molecule has 1 unspecified atom stereocenters. The lowest BCUT2D eigenvalue weighted by molar-refractivity contribution is -0.118. The van der Waals surface area contributed by atoms with E-state index in [0.717, 1.165) is 41.0 Å². The number of nitrogens with zero attached hydrogens (tertiary/aromatic N) is 1. The van der Waals surface area contributed by atoms with E-state index in [1.807, 2.05) is 49.1 Å². The summed E-state index contributed by atoms with van der Waals surface area (Å²) in [6.45, 7) is 9.12. The molecule has 6 heteroatoms. The van der Waals surface area contributed by atoms with Crippen LogP contribution in [0.3, 0.4) is 0 Å². The third-order valence-corrected chi connectivity index (χ3v) is 7.27. The maximum atomic E-state index is 13.6. The highest BCUT2D eigenvalue weighted by atomic mass is 31.2. The molecule has 1 heterocycles. The molecule has 156 valence electrons. The van der Waals surface area contributed by atoms with Crippen LogP contribution in [0.5, 0.6) is 0 Å². The van der Waals surface area contributed by atoms with Crippen LogP contribution < -0.4 is 9.99 Å². The molecule has 0 saturated heterocycles. The lowest BCUT2D eigenvalue weighted by Crippen LogP contribution is -2.35. The first-order valence-corrected chi connectivity index (χ1v) is 12.2. The summed E-state index contributed by atoms with van der Waals surface area (Å²) < 4.78 is 19.3. The highest BCUT2D eigenvalue weighted by molar-refractivity contribution is 7.59. The lowest BCUT2D eigenvalue weighted by Gasteiger charge is -2.30. The molecular formula is C23H31N2O3P. The van der Waals surface area contributed by atoms with Gasteiger partial charge in [0, 0.05) is 24.3 Å². The number of hydrogen-bond donors (Lipinski definition) is 1. The minimum absolute atomic E-state index is 0.176. The van der Waals surface area contributed by atoms with Crippen LogP contribution in [-0.2, 0) is 26.5 Å². The van der Waals surface area contributed by atoms with Gasteiger partial charge < -0.3 is 14.5 Å². The van der Waals surface area contributed by atoms with Crippen LogP contribution in [0, 0.1) is 13.8 Å². The van der Waals surface area contributed by atoms with Crippen LogP contribution in [0.4, 0.5) is 11.4 Å². The fourth-order valence-electron chi connectivity index (χ4n) is 3.87.